The summed E-state index contributed by atoms with van der Waals surface area (Å²) >= 11 is 0. The van der Waals surface area contributed by atoms with E-state index in [0.717, 1.165) is 16.3 Å². The van der Waals surface area contributed by atoms with Gasteiger partial charge in [0.15, 0.2) is 0 Å². The maximum Gasteiger partial charge on any atom is 0.232 e. The van der Waals surface area contributed by atoms with Crippen molar-refractivity contribution in [3.63, 3.8) is 0 Å². The Kier molecular flexibility index (Phi) is 7.52. The monoisotopic (exact) mass is 440 g/mol. The van der Waals surface area contributed by atoms with Crippen molar-refractivity contribution in [3.8, 4) is 5.75 Å². The second-order valence-electron chi connectivity index (χ2n) is 7.28. The van der Waals surface area contributed by atoms with Crippen molar-refractivity contribution in [1.82, 2.24) is 5.32 Å². The molecule has 0 aromatic heterocycles. The molecule has 0 heterocycles. The van der Waals surface area contributed by atoms with Gasteiger partial charge in [-0.25, -0.2) is 8.42 Å². The highest BCUT2D eigenvalue weighted by molar-refractivity contribution is 7.92. The third kappa shape index (κ3) is 6.21. The van der Waals surface area contributed by atoms with Crippen LogP contribution in [0.4, 0.5) is 5.69 Å². The zero-order chi connectivity index (χ0) is 22.3. The molecular formula is C24H28N2O4S. The van der Waals surface area contributed by atoms with Gasteiger partial charge in [0.05, 0.1) is 18.6 Å². The van der Waals surface area contributed by atoms with E-state index in [-0.39, 0.29) is 18.9 Å². The molecule has 0 fully saturated rings. The number of benzene rings is 3. The zero-order valence-electron chi connectivity index (χ0n) is 17.9. The van der Waals surface area contributed by atoms with E-state index >= 15 is 0 Å². The topological polar surface area (TPSA) is 75.7 Å². The third-order valence-corrected chi connectivity index (χ3v) is 6.15. The fraction of sp³-hybridized carbons (Fsp3) is 0.292. The first-order valence-corrected chi connectivity index (χ1v) is 12.2. The molecule has 0 radical (unpaired) electrons. The largest absolute Gasteiger partial charge is 0.494 e. The molecule has 0 saturated carbocycles. The summed E-state index contributed by atoms with van der Waals surface area (Å²) in [6, 6.07) is 21.0. The minimum absolute atomic E-state index is 0.104. The molecule has 164 valence electrons. The average Bonchev–Trinajstić information content (AvgIpc) is 2.75. The highest BCUT2D eigenvalue weighted by atomic mass is 32.2. The molecule has 0 aliphatic carbocycles. The third-order valence-electron chi connectivity index (χ3n) is 4.96. The van der Waals surface area contributed by atoms with Crippen molar-refractivity contribution in [2.75, 3.05) is 23.7 Å². The predicted molar refractivity (Wildman–Crippen MR) is 125 cm³/mol. The number of amides is 1. The van der Waals surface area contributed by atoms with Crippen LogP contribution in [0.25, 0.3) is 10.8 Å². The first kappa shape index (κ1) is 22.6. The molecule has 3 rings (SSSR count). The smallest absolute Gasteiger partial charge is 0.232 e. The van der Waals surface area contributed by atoms with Crippen LogP contribution in [0, 0.1) is 0 Å². The summed E-state index contributed by atoms with van der Waals surface area (Å²) in [7, 11) is -3.46. The van der Waals surface area contributed by atoms with Crippen molar-refractivity contribution < 1.29 is 17.9 Å². The van der Waals surface area contributed by atoms with Gasteiger partial charge in [0.1, 0.15) is 5.75 Å². The fourth-order valence-electron chi connectivity index (χ4n) is 3.47. The van der Waals surface area contributed by atoms with Gasteiger partial charge in [-0.15, -0.1) is 0 Å². The number of nitrogens with zero attached hydrogens (tertiary/aromatic N) is 1. The van der Waals surface area contributed by atoms with Gasteiger partial charge in [0.25, 0.3) is 0 Å². The lowest BCUT2D eigenvalue weighted by Crippen LogP contribution is -2.32. The lowest BCUT2D eigenvalue weighted by atomic mass is 10.0. The average molecular weight is 441 g/mol. The van der Waals surface area contributed by atoms with E-state index in [2.05, 4.69) is 5.32 Å². The Balaban J connectivity index is 1.55. The van der Waals surface area contributed by atoms with Crippen molar-refractivity contribution in [2.45, 2.75) is 26.3 Å². The number of fused-ring (bicyclic) bond motifs is 1. The molecule has 6 nitrogen and oxygen atoms in total. The van der Waals surface area contributed by atoms with Gasteiger partial charge >= 0.3 is 0 Å². The van der Waals surface area contributed by atoms with E-state index in [9.17, 15) is 13.2 Å². The first-order chi connectivity index (χ1) is 14.9. The SMILES string of the molecule is CCOc1ccc(N(CCCC(=O)NCc2cccc3ccccc23)S(C)(=O)=O)cc1. The van der Waals surface area contributed by atoms with Crippen LogP contribution in [0.3, 0.4) is 0 Å². The maximum atomic E-state index is 12.3. The van der Waals surface area contributed by atoms with Crippen LogP contribution in [0.5, 0.6) is 5.75 Å². The van der Waals surface area contributed by atoms with E-state index in [1.165, 1.54) is 10.6 Å². The molecule has 3 aromatic carbocycles. The van der Waals surface area contributed by atoms with Gasteiger partial charge in [-0.1, -0.05) is 42.5 Å². The summed E-state index contributed by atoms with van der Waals surface area (Å²) in [5.41, 5.74) is 1.61. The number of nitrogens with one attached hydrogen (secondary N) is 1. The number of carbonyl (C=O) groups excluding carboxylic acids is 1. The molecule has 0 saturated heterocycles. The minimum atomic E-state index is -3.46. The summed E-state index contributed by atoms with van der Waals surface area (Å²) in [6.45, 7) is 3.11. The lowest BCUT2D eigenvalue weighted by molar-refractivity contribution is -0.121. The van der Waals surface area contributed by atoms with Gasteiger partial charge in [-0.3, -0.25) is 9.10 Å². The van der Waals surface area contributed by atoms with Gasteiger partial charge in [-0.2, -0.15) is 0 Å². The predicted octanol–water partition coefficient (Wildman–Crippen LogP) is 4.10. The number of carbonyl (C=O) groups is 1. The van der Waals surface area contributed by atoms with E-state index < -0.39 is 10.0 Å². The van der Waals surface area contributed by atoms with Crippen LogP contribution in [0.2, 0.25) is 0 Å². The highest BCUT2D eigenvalue weighted by Crippen LogP contribution is 2.22. The van der Waals surface area contributed by atoms with Crippen LogP contribution in [0.15, 0.2) is 66.7 Å². The van der Waals surface area contributed by atoms with E-state index in [4.69, 9.17) is 4.74 Å². The summed E-state index contributed by atoms with van der Waals surface area (Å²) in [5.74, 6) is 0.584. The van der Waals surface area contributed by atoms with Crippen molar-refractivity contribution in [1.29, 1.82) is 0 Å². The minimum Gasteiger partial charge on any atom is -0.494 e. The number of hydrogen-bond acceptors (Lipinski definition) is 4. The molecule has 31 heavy (non-hydrogen) atoms. The number of ether oxygens (including phenoxy) is 1. The molecular weight excluding hydrogens is 412 g/mol. The Labute approximate surface area is 183 Å². The van der Waals surface area contributed by atoms with Crippen LogP contribution in [-0.2, 0) is 21.4 Å². The van der Waals surface area contributed by atoms with Crippen molar-refractivity contribution in [3.05, 3.63) is 72.3 Å². The molecule has 0 aliphatic heterocycles. The zero-order valence-corrected chi connectivity index (χ0v) is 18.7. The quantitative estimate of drug-likeness (QED) is 0.515. The fourth-order valence-corrected chi connectivity index (χ4v) is 4.44. The summed E-state index contributed by atoms with van der Waals surface area (Å²) in [5, 5.41) is 5.19. The molecule has 0 bridgehead atoms. The Morgan fingerprint density at radius 2 is 1.71 bits per heavy atom. The second kappa shape index (κ2) is 10.3. The van der Waals surface area contributed by atoms with Gasteiger partial charge in [0.2, 0.25) is 15.9 Å². The van der Waals surface area contributed by atoms with Gasteiger partial charge < -0.3 is 10.1 Å². The van der Waals surface area contributed by atoms with Gasteiger partial charge in [0, 0.05) is 19.5 Å². The Morgan fingerprint density at radius 1 is 1.00 bits per heavy atom. The molecule has 0 unspecified atom stereocenters. The number of sulfonamides is 1. The highest BCUT2D eigenvalue weighted by Gasteiger charge is 2.17. The molecule has 7 heteroatoms. The van der Waals surface area contributed by atoms with Crippen LogP contribution >= 0.6 is 0 Å². The standard InChI is InChI=1S/C24H28N2O4S/c1-3-30-22-15-13-21(14-16-22)26(31(2,28)29)17-7-12-24(27)25-18-20-10-6-9-19-8-4-5-11-23(19)20/h4-6,8-11,13-16H,3,7,12,17-18H2,1-2H3,(H,25,27). The Bertz CT molecular complexity index is 1120. The Morgan fingerprint density at radius 3 is 2.42 bits per heavy atom. The maximum absolute atomic E-state index is 12.3. The van der Waals surface area contributed by atoms with Crippen LogP contribution < -0.4 is 14.4 Å². The molecule has 0 aliphatic rings. The summed E-state index contributed by atoms with van der Waals surface area (Å²) < 4.78 is 31.2. The first-order valence-electron chi connectivity index (χ1n) is 10.3. The van der Waals surface area contributed by atoms with E-state index in [1.807, 2.05) is 49.4 Å². The van der Waals surface area contributed by atoms with Crippen LogP contribution in [0.1, 0.15) is 25.3 Å². The van der Waals surface area contributed by atoms with Crippen molar-refractivity contribution >= 4 is 32.4 Å². The van der Waals surface area contributed by atoms with E-state index in [0.29, 0.717) is 31.0 Å². The van der Waals surface area contributed by atoms with Crippen molar-refractivity contribution in [2.24, 2.45) is 0 Å². The van der Waals surface area contributed by atoms with Crippen LogP contribution in [-0.4, -0.2) is 33.7 Å². The number of anilines is 1. The molecule has 3 aromatic rings. The lowest BCUT2D eigenvalue weighted by Gasteiger charge is -2.22. The number of hydrogen-bond donors (Lipinski definition) is 1. The molecule has 0 spiro atoms. The second-order valence-corrected chi connectivity index (χ2v) is 9.19. The molecule has 0 atom stereocenters. The summed E-state index contributed by atoms with van der Waals surface area (Å²) in [6.07, 6.45) is 1.83. The summed E-state index contributed by atoms with van der Waals surface area (Å²) in [4.78, 5) is 12.3. The van der Waals surface area contributed by atoms with Gasteiger partial charge in [-0.05, 0) is 53.9 Å². The molecule has 1 N–H and O–H groups in total. The van der Waals surface area contributed by atoms with E-state index in [1.54, 1.807) is 24.3 Å². The normalized spacial score (nSPS) is 11.3. The number of rotatable bonds is 10. The molecule has 1 amide bonds. The Hall–Kier alpha value is -3.06.